The number of phenols is 1. The molecule has 0 radical (unpaired) electrons. The molecule has 1 amide bonds. The van der Waals surface area contributed by atoms with Gasteiger partial charge >= 0.3 is 0 Å². The number of rotatable bonds is 2. The number of anilines is 1. The summed E-state index contributed by atoms with van der Waals surface area (Å²) < 4.78 is 39.3. The smallest absolute Gasteiger partial charge is 0.288 e. The normalized spacial score (nSPS) is 24.5. The Balaban J connectivity index is 1.84. The number of aromatic hydroxyl groups is 1. The number of benzene rings is 1. The van der Waals surface area contributed by atoms with Crippen LogP contribution in [0.5, 0.6) is 11.5 Å². The Morgan fingerprint density at radius 3 is 2.79 bits per heavy atom. The van der Waals surface area contributed by atoms with Gasteiger partial charge in [0.25, 0.3) is 16.0 Å². The number of hydrogen-bond acceptors (Lipinski definition) is 7. The van der Waals surface area contributed by atoms with Gasteiger partial charge in [-0.05, 0) is 35.3 Å². The minimum atomic E-state index is -4.53. The minimum Gasteiger partial charge on any atom is -0.504 e. The van der Waals surface area contributed by atoms with Crippen LogP contribution in [0, 0.1) is 0 Å². The number of hydrogen-bond donors (Lipinski definition) is 3. The second-order valence-electron chi connectivity index (χ2n) is 7.14. The van der Waals surface area contributed by atoms with Gasteiger partial charge in [0.1, 0.15) is 0 Å². The fraction of sp³-hybridized carbons (Fsp3) is 0.389. The predicted molar refractivity (Wildman–Crippen MR) is 106 cm³/mol. The largest absolute Gasteiger partial charge is 0.504 e. The molecule has 1 unspecified atom stereocenters. The summed E-state index contributed by atoms with van der Waals surface area (Å²) in [6.45, 7) is 2.30. The average molecular weight is 425 g/mol. The van der Waals surface area contributed by atoms with Crippen LogP contribution in [-0.2, 0) is 10.1 Å². The van der Waals surface area contributed by atoms with Crippen LogP contribution in [0.3, 0.4) is 0 Å². The lowest BCUT2D eigenvalue weighted by Crippen LogP contribution is -2.53. The summed E-state index contributed by atoms with van der Waals surface area (Å²) in [6, 6.07) is 1.85. The molecule has 150 valence electrons. The summed E-state index contributed by atoms with van der Waals surface area (Å²) in [5.74, 6) is -0.497. The summed E-state index contributed by atoms with van der Waals surface area (Å²) in [6.07, 6.45) is 1.05. The SMILES string of the molecule is COc1cc2c(cc1O)NC(S(=O)(=O)O)[C@@H]1CC3=C(CC(C)=CS3)CN1C2=O. The number of allylic oxidation sites excluding steroid dienone is 1. The van der Waals surface area contributed by atoms with Crippen molar-refractivity contribution in [1.29, 1.82) is 0 Å². The number of phenolic OH excluding ortho intramolecular Hbond substituents is 1. The quantitative estimate of drug-likeness (QED) is 0.621. The number of carbonyl (C=O) groups is 1. The molecule has 0 aromatic heterocycles. The highest BCUT2D eigenvalue weighted by atomic mass is 32.2. The fourth-order valence-electron chi connectivity index (χ4n) is 3.89. The predicted octanol–water partition coefficient (Wildman–Crippen LogP) is 2.55. The van der Waals surface area contributed by atoms with Crippen molar-refractivity contribution in [2.45, 2.75) is 31.2 Å². The third kappa shape index (κ3) is 3.15. The van der Waals surface area contributed by atoms with E-state index in [4.69, 9.17) is 4.74 Å². The average Bonchev–Trinajstić information content (AvgIpc) is 2.74. The summed E-state index contributed by atoms with van der Waals surface area (Å²) >= 11 is 1.54. The zero-order valence-corrected chi connectivity index (χ0v) is 16.9. The van der Waals surface area contributed by atoms with Crippen LogP contribution in [0.15, 0.2) is 33.6 Å². The first-order valence-electron chi connectivity index (χ1n) is 8.67. The first kappa shape index (κ1) is 19.2. The van der Waals surface area contributed by atoms with E-state index in [0.717, 1.165) is 16.9 Å². The molecule has 1 aromatic carbocycles. The maximum Gasteiger partial charge on any atom is 0.288 e. The topological polar surface area (TPSA) is 116 Å². The monoisotopic (exact) mass is 424 g/mol. The summed E-state index contributed by atoms with van der Waals surface area (Å²) in [5.41, 5.74) is 2.59. The second kappa shape index (κ2) is 6.71. The molecule has 0 fully saturated rings. The van der Waals surface area contributed by atoms with Crippen LogP contribution >= 0.6 is 11.8 Å². The lowest BCUT2D eigenvalue weighted by Gasteiger charge is -2.40. The van der Waals surface area contributed by atoms with Gasteiger partial charge in [-0.1, -0.05) is 5.57 Å². The molecule has 2 atom stereocenters. The maximum atomic E-state index is 13.3. The Kier molecular flexibility index (Phi) is 4.59. The molecule has 3 N–H and O–H groups in total. The molecule has 8 nitrogen and oxygen atoms in total. The van der Waals surface area contributed by atoms with Crippen LogP contribution in [0.25, 0.3) is 0 Å². The van der Waals surface area contributed by atoms with Crippen molar-refractivity contribution >= 4 is 33.5 Å². The van der Waals surface area contributed by atoms with Crippen LogP contribution in [0.2, 0.25) is 0 Å². The molecule has 3 aliphatic rings. The lowest BCUT2D eigenvalue weighted by molar-refractivity contribution is 0.0691. The molecular weight excluding hydrogens is 404 g/mol. The number of fused-ring (bicyclic) bond motifs is 2. The molecular formula is C18H20N2O6S2. The van der Waals surface area contributed by atoms with E-state index >= 15 is 0 Å². The van der Waals surface area contributed by atoms with Crippen LogP contribution < -0.4 is 10.1 Å². The molecule has 4 rings (SSSR count). The van der Waals surface area contributed by atoms with Crippen LogP contribution in [0.1, 0.15) is 30.1 Å². The van der Waals surface area contributed by atoms with Gasteiger partial charge in [0.05, 0.1) is 24.4 Å². The van der Waals surface area contributed by atoms with E-state index in [2.05, 4.69) is 5.32 Å². The fourth-order valence-corrected chi connectivity index (χ4v) is 5.80. The van der Waals surface area contributed by atoms with Crippen molar-refractivity contribution in [2.24, 2.45) is 0 Å². The van der Waals surface area contributed by atoms with Crippen LogP contribution in [-0.4, -0.2) is 54.0 Å². The van der Waals surface area contributed by atoms with E-state index < -0.39 is 21.5 Å². The Hall–Kier alpha value is -2.17. The van der Waals surface area contributed by atoms with Crippen molar-refractivity contribution in [3.05, 3.63) is 39.2 Å². The molecule has 0 aliphatic carbocycles. The van der Waals surface area contributed by atoms with Crippen LogP contribution in [0.4, 0.5) is 5.69 Å². The highest BCUT2D eigenvalue weighted by molar-refractivity contribution is 8.05. The second-order valence-corrected chi connectivity index (χ2v) is 9.64. The summed E-state index contributed by atoms with van der Waals surface area (Å²) in [5, 5.41) is 13.5. The first-order chi connectivity index (χ1) is 13.2. The summed E-state index contributed by atoms with van der Waals surface area (Å²) in [7, 11) is -3.16. The third-order valence-corrected chi connectivity index (χ3v) is 7.56. The zero-order chi connectivity index (χ0) is 20.2. The lowest BCUT2D eigenvalue weighted by atomic mass is 9.97. The number of methoxy groups -OCH3 is 1. The minimum absolute atomic E-state index is 0.111. The molecule has 0 bridgehead atoms. The van der Waals surface area contributed by atoms with Crippen molar-refractivity contribution < 1.29 is 27.6 Å². The van der Waals surface area contributed by atoms with Gasteiger partial charge in [-0.3, -0.25) is 9.35 Å². The summed E-state index contributed by atoms with van der Waals surface area (Å²) in [4.78, 5) is 15.8. The molecule has 3 aliphatic heterocycles. The Morgan fingerprint density at radius 1 is 1.36 bits per heavy atom. The third-order valence-electron chi connectivity index (χ3n) is 5.22. The van der Waals surface area contributed by atoms with Gasteiger partial charge in [-0.2, -0.15) is 8.42 Å². The zero-order valence-electron chi connectivity index (χ0n) is 15.3. The highest BCUT2D eigenvalue weighted by Crippen LogP contribution is 2.44. The molecule has 0 saturated carbocycles. The maximum absolute atomic E-state index is 13.3. The van der Waals surface area contributed by atoms with Crippen molar-refractivity contribution in [2.75, 3.05) is 19.0 Å². The van der Waals surface area contributed by atoms with Crippen molar-refractivity contribution in [3.8, 4) is 11.5 Å². The van der Waals surface area contributed by atoms with E-state index in [1.807, 2.05) is 12.3 Å². The van der Waals surface area contributed by atoms with Gasteiger partial charge in [0.2, 0.25) is 0 Å². The van der Waals surface area contributed by atoms with Gasteiger partial charge in [-0.15, -0.1) is 11.8 Å². The van der Waals surface area contributed by atoms with Gasteiger partial charge < -0.3 is 20.1 Å². The Labute approximate surface area is 167 Å². The molecule has 0 spiro atoms. The van der Waals surface area contributed by atoms with E-state index in [1.54, 1.807) is 0 Å². The molecule has 1 aromatic rings. The number of nitrogens with one attached hydrogen (secondary N) is 1. The molecule has 10 heteroatoms. The van der Waals surface area contributed by atoms with Gasteiger partial charge in [0, 0.05) is 19.0 Å². The molecule has 28 heavy (non-hydrogen) atoms. The van der Waals surface area contributed by atoms with E-state index in [1.165, 1.54) is 41.5 Å². The van der Waals surface area contributed by atoms with Crippen molar-refractivity contribution in [1.82, 2.24) is 4.90 Å². The van der Waals surface area contributed by atoms with Crippen molar-refractivity contribution in [3.63, 3.8) is 0 Å². The highest BCUT2D eigenvalue weighted by Gasteiger charge is 2.45. The molecule has 0 saturated heterocycles. The number of amides is 1. The molecule has 3 heterocycles. The number of thioether (sulfide) groups is 1. The number of carbonyl (C=O) groups excluding carboxylic acids is 1. The Morgan fingerprint density at radius 2 is 2.11 bits per heavy atom. The number of nitrogens with zero attached hydrogens (tertiary/aromatic N) is 1. The van der Waals surface area contributed by atoms with Gasteiger partial charge in [0.15, 0.2) is 16.9 Å². The number of ether oxygens (including phenoxy) is 1. The Bertz CT molecular complexity index is 1030. The van der Waals surface area contributed by atoms with E-state index in [9.17, 15) is 22.9 Å². The van der Waals surface area contributed by atoms with E-state index in [0.29, 0.717) is 6.42 Å². The first-order valence-corrected chi connectivity index (χ1v) is 11.1. The van der Waals surface area contributed by atoms with Gasteiger partial charge in [-0.25, -0.2) is 0 Å². The van der Waals surface area contributed by atoms with E-state index in [-0.39, 0.29) is 35.2 Å². The standard InChI is InChI=1S/C18H20N2O6S2/c1-9-3-10-7-20-13(6-16(10)27-8-9)17(28(23,24)25)19-12-5-14(21)15(26-2)4-11(12)18(20)22/h4-5,8,13,17,19,21H,3,6-7H2,1-2H3,(H,23,24,25)/t13-,17?/m0/s1.